The molecule has 2 heterocycles. The largest absolute Gasteiger partial charge is 0.450 e. The molecule has 1 aromatic carbocycles. The molecule has 0 saturated carbocycles. The van der Waals surface area contributed by atoms with Gasteiger partial charge in [0, 0.05) is 12.3 Å². The molecule has 0 radical (unpaired) electrons. The highest BCUT2D eigenvalue weighted by molar-refractivity contribution is 6.49. The number of aliphatic hydroxyl groups is 1. The summed E-state index contributed by atoms with van der Waals surface area (Å²) in [6, 6.07) is 9.01. The number of allylic oxidation sites excluding steroid dienone is 1. The van der Waals surface area contributed by atoms with Gasteiger partial charge in [-0.1, -0.05) is 18.2 Å². The fourth-order valence-electron chi connectivity index (χ4n) is 3.03. The fourth-order valence-corrected chi connectivity index (χ4v) is 3.03. The number of ether oxygens (including phenoxy) is 1. The second kappa shape index (κ2) is 7.38. The standard InChI is InChI=1S/C20H15N3O6/c1-2-28-20(27)18-14(15(25)12-8-9-13(24)16(26)17(12)29-18)19-22-21-10-23(19)11-6-4-3-5-7-11/h3-10,20,27H,2H2,1H3. The molecule has 0 spiro atoms. The van der Waals surface area contributed by atoms with Gasteiger partial charge in [-0.15, -0.1) is 10.2 Å². The zero-order valence-electron chi connectivity index (χ0n) is 15.2. The molecule has 3 aromatic rings. The third-order valence-corrected chi connectivity index (χ3v) is 4.36. The van der Waals surface area contributed by atoms with Crippen LogP contribution in [0.4, 0.5) is 0 Å². The number of rotatable bonds is 5. The molecule has 0 aliphatic heterocycles. The summed E-state index contributed by atoms with van der Waals surface area (Å²) >= 11 is 0. The van der Waals surface area contributed by atoms with Crippen LogP contribution in [0.1, 0.15) is 35.1 Å². The summed E-state index contributed by atoms with van der Waals surface area (Å²) in [7, 11) is 0. The van der Waals surface area contributed by atoms with E-state index < -0.39 is 29.0 Å². The van der Waals surface area contributed by atoms with E-state index in [-0.39, 0.29) is 29.3 Å². The molecule has 0 fully saturated rings. The second-order valence-electron chi connectivity index (χ2n) is 6.11. The van der Waals surface area contributed by atoms with E-state index in [0.29, 0.717) is 5.69 Å². The number of benzene rings is 1. The van der Waals surface area contributed by atoms with Crippen LogP contribution in [-0.4, -0.2) is 38.0 Å². The Labute approximate surface area is 163 Å². The minimum atomic E-state index is -1.65. The van der Waals surface area contributed by atoms with Gasteiger partial charge in [0.2, 0.25) is 17.5 Å². The number of para-hydroxylation sites is 1. The van der Waals surface area contributed by atoms with E-state index >= 15 is 0 Å². The molecule has 1 aliphatic rings. The van der Waals surface area contributed by atoms with Crippen LogP contribution >= 0.6 is 0 Å². The lowest BCUT2D eigenvalue weighted by Gasteiger charge is -2.17. The van der Waals surface area contributed by atoms with Crippen molar-refractivity contribution in [3.05, 3.63) is 70.0 Å². The Morgan fingerprint density at radius 2 is 1.93 bits per heavy atom. The van der Waals surface area contributed by atoms with Gasteiger partial charge in [-0.25, -0.2) is 0 Å². The zero-order chi connectivity index (χ0) is 20.5. The molecule has 9 nitrogen and oxygen atoms in total. The number of hydrogen-bond donors (Lipinski definition) is 1. The van der Waals surface area contributed by atoms with Crippen LogP contribution in [0, 0.1) is 0 Å². The van der Waals surface area contributed by atoms with E-state index in [0.717, 1.165) is 6.08 Å². The Morgan fingerprint density at radius 1 is 1.17 bits per heavy atom. The molecule has 29 heavy (non-hydrogen) atoms. The lowest BCUT2D eigenvalue weighted by atomic mass is 9.98. The van der Waals surface area contributed by atoms with Gasteiger partial charge in [0.05, 0.1) is 5.56 Å². The molecule has 2 aromatic heterocycles. The summed E-state index contributed by atoms with van der Waals surface area (Å²) < 4.78 is 12.3. The first kappa shape index (κ1) is 18.7. The fraction of sp³-hybridized carbons (Fsp3) is 0.150. The number of aromatic nitrogens is 3. The number of carbonyl (C=O) groups is 2. The van der Waals surface area contributed by atoms with Gasteiger partial charge in [0.15, 0.2) is 17.3 Å². The minimum Gasteiger partial charge on any atom is -0.450 e. The van der Waals surface area contributed by atoms with E-state index in [1.807, 2.05) is 6.07 Å². The Bertz CT molecular complexity index is 1190. The maximum atomic E-state index is 13.3. The summed E-state index contributed by atoms with van der Waals surface area (Å²) in [5, 5.41) is 18.3. The molecule has 4 rings (SSSR count). The van der Waals surface area contributed by atoms with Crippen LogP contribution in [0.15, 0.2) is 51.9 Å². The summed E-state index contributed by atoms with van der Waals surface area (Å²) in [4.78, 5) is 37.2. The molecule has 0 saturated heterocycles. The highest BCUT2D eigenvalue weighted by atomic mass is 16.6. The first-order chi connectivity index (χ1) is 14.0. The number of carbonyl (C=O) groups excluding carboxylic acids is 2. The van der Waals surface area contributed by atoms with Crippen LogP contribution in [0.5, 0.6) is 0 Å². The molecule has 1 N–H and O–H groups in total. The molecule has 1 unspecified atom stereocenters. The molecular formula is C20H15N3O6. The quantitative estimate of drug-likeness (QED) is 0.513. The predicted octanol–water partition coefficient (Wildman–Crippen LogP) is 1.69. The zero-order valence-corrected chi connectivity index (χ0v) is 15.2. The smallest absolute Gasteiger partial charge is 0.268 e. The molecule has 146 valence electrons. The van der Waals surface area contributed by atoms with Gasteiger partial charge < -0.3 is 14.3 Å². The van der Waals surface area contributed by atoms with E-state index in [9.17, 15) is 19.5 Å². The molecular weight excluding hydrogens is 378 g/mol. The number of ketones is 2. The molecule has 0 amide bonds. The van der Waals surface area contributed by atoms with Crippen molar-refractivity contribution in [3.8, 4) is 17.1 Å². The van der Waals surface area contributed by atoms with Gasteiger partial charge in [0.25, 0.3) is 5.78 Å². The predicted molar refractivity (Wildman–Crippen MR) is 100 cm³/mol. The summed E-state index contributed by atoms with van der Waals surface area (Å²) in [5.74, 6) is -2.46. The first-order valence-electron chi connectivity index (χ1n) is 8.76. The second-order valence-corrected chi connectivity index (χ2v) is 6.11. The number of Topliss-reactive ketones (excluding diaryl/α,β-unsaturated/α-hetero) is 1. The Kier molecular flexibility index (Phi) is 4.75. The van der Waals surface area contributed by atoms with Crippen molar-refractivity contribution >= 4 is 17.6 Å². The van der Waals surface area contributed by atoms with Gasteiger partial charge in [-0.2, -0.15) is 0 Å². The maximum absolute atomic E-state index is 13.3. The maximum Gasteiger partial charge on any atom is 0.268 e. The van der Waals surface area contributed by atoms with E-state index in [1.54, 1.807) is 35.8 Å². The van der Waals surface area contributed by atoms with Crippen molar-refractivity contribution in [1.82, 2.24) is 14.8 Å². The SMILES string of the molecule is CCOC(O)c1oc2c(c(=O)c1-c1nncn1-c1ccccc1)C=CC(=O)C2=O. The van der Waals surface area contributed by atoms with Crippen LogP contribution in [0.3, 0.4) is 0 Å². The molecule has 9 heteroatoms. The van der Waals surface area contributed by atoms with Crippen molar-refractivity contribution in [3.63, 3.8) is 0 Å². The summed E-state index contributed by atoms with van der Waals surface area (Å²) in [5.41, 5.74) is -0.178. The Morgan fingerprint density at radius 3 is 2.66 bits per heavy atom. The highest BCUT2D eigenvalue weighted by Crippen LogP contribution is 2.30. The topological polar surface area (TPSA) is 125 Å². The van der Waals surface area contributed by atoms with E-state index in [2.05, 4.69) is 10.2 Å². The Hall–Kier alpha value is -3.69. The highest BCUT2D eigenvalue weighted by Gasteiger charge is 2.33. The van der Waals surface area contributed by atoms with Crippen LogP contribution in [-0.2, 0) is 9.53 Å². The lowest BCUT2D eigenvalue weighted by molar-refractivity contribution is -0.113. The van der Waals surface area contributed by atoms with Gasteiger partial charge >= 0.3 is 0 Å². The third-order valence-electron chi connectivity index (χ3n) is 4.36. The first-order valence-corrected chi connectivity index (χ1v) is 8.76. The van der Waals surface area contributed by atoms with Crippen molar-refractivity contribution in [2.45, 2.75) is 13.2 Å². The average Bonchev–Trinajstić information content (AvgIpc) is 3.21. The average molecular weight is 393 g/mol. The van der Waals surface area contributed by atoms with Crippen molar-refractivity contribution in [2.24, 2.45) is 0 Å². The van der Waals surface area contributed by atoms with Crippen LogP contribution in [0.25, 0.3) is 23.2 Å². The normalized spacial score (nSPS) is 14.1. The third kappa shape index (κ3) is 3.12. The summed E-state index contributed by atoms with van der Waals surface area (Å²) in [6.07, 6.45) is 1.98. The number of fused-ring (bicyclic) bond motifs is 1. The molecule has 1 atom stereocenters. The van der Waals surface area contributed by atoms with E-state index in [4.69, 9.17) is 9.15 Å². The van der Waals surface area contributed by atoms with Crippen molar-refractivity contribution in [2.75, 3.05) is 6.61 Å². The van der Waals surface area contributed by atoms with Gasteiger partial charge in [0.1, 0.15) is 11.9 Å². The number of nitrogens with zero attached hydrogens (tertiary/aromatic N) is 3. The van der Waals surface area contributed by atoms with Crippen LogP contribution in [0.2, 0.25) is 0 Å². The summed E-state index contributed by atoms with van der Waals surface area (Å²) in [6.45, 7) is 1.75. The lowest BCUT2D eigenvalue weighted by Crippen LogP contribution is -2.25. The van der Waals surface area contributed by atoms with E-state index in [1.165, 1.54) is 12.4 Å². The minimum absolute atomic E-state index is 0.0965. The van der Waals surface area contributed by atoms with Gasteiger partial charge in [-0.3, -0.25) is 19.0 Å². The monoisotopic (exact) mass is 393 g/mol. The van der Waals surface area contributed by atoms with Crippen molar-refractivity contribution in [1.29, 1.82) is 0 Å². The van der Waals surface area contributed by atoms with Crippen LogP contribution < -0.4 is 5.43 Å². The van der Waals surface area contributed by atoms with Gasteiger partial charge in [-0.05, 0) is 31.2 Å². The number of hydrogen-bond acceptors (Lipinski definition) is 8. The van der Waals surface area contributed by atoms with Crippen molar-refractivity contribution < 1.29 is 23.8 Å². The molecule has 1 aliphatic carbocycles. The Balaban J connectivity index is 2.02. The number of aliphatic hydroxyl groups excluding tert-OH is 1. The molecule has 0 bridgehead atoms.